The molecule has 3 aromatic carbocycles. The lowest BCUT2D eigenvalue weighted by atomic mass is 10.1. The SMILES string of the molecule is O=C1/C(=C\c2cc(Br)ccc2OCc2ccc(Cl)cc2Cl)SC(=S)N1c1ccc(Cl)cc1. The van der Waals surface area contributed by atoms with Crippen molar-refractivity contribution < 1.29 is 9.53 Å². The summed E-state index contributed by atoms with van der Waals surface area (Å²) >= 11 is 28.4. The number of carbonyl (C=O) groups excluding carboxylic acids is 1. The number of thioether (sulfide) groups is 1. The third kappa shape index (κ3) is 5.33. The molecule has 0 saturated carbocycles. The lowest BCUT2D eigenvalue weighted by Crippen LogP contribution is -2.27. The van der Waals surface area contributed by atoms with Crippen LogP contribution in [0.2, 0.25) is 15.1 Å². The van der Waals surface area contributed by atoms with Gasteiger partial charge >= 0.3 is 0 Å². The maximum atomic E-state index is 13.1. The first kappa shape index (κ1) is 23.6. The van der Waals surface area contributed by atoms with Crippen LogP contribution in [0.1, 0.15) is 11.1 Å². The van der Waals surface area contributed by atoms with Gasteiger partial charge in [0.2, 0.25) is 0 Å². The largest absolute Gasteiger partial charge is 0.488 e. The van der Waals surface area contributed by atoms with E-state index in [0.717, 1.165) is 15.6 Å². The van der Waals surface area contributed by atoms with Crippen molar-refractivity contribution >= 4 is 96.7 Å². The van der Waals surface area contributed by atoms with E-state index in [0.29, 0.717) is 35.7 Å². The van der Waals surface area contributed by atoms with Gasteiger partial charge in [0.25, 0.3) is 5.91 Å². The van der Waals surface area contributed by atoms with E-state index in [-0.39, 0.29) is 12.5 Å². The molecule has 3 nitrogen and oxygen atoms in total. The number of rotatable bonds is 5. The van der Waals surface area contributed by atoms with E-state index in [2.05, 4.69) is 15.9 Å². The van der Waals surface area contributed by atoms with E-state index in [1.54, 1.807) is 42.5 Å². The quantitative estimate of drug-likeness (QED) is 0.222. The Balaban J connectivity index is 1.60. The van der Waals surface area contributed by atoms with E-state index in [1.165, 1.54) is 16.7 Å². The van der Waals surface area contributed by atoms with Crippen LogP contribution in [-0.2, 0) is 11.4 Å². The molecule has 3 aromatic rings. The van der Waals surface area contributed by atoms with Gasteiger partial charge in [0.1, 0.15) is 12.4 Å². The molecule has 0 spiro atoms. The van der Waals surface area contributed by atoms with Gasteiger partial charge in [-0.15, -0.1) is 0 Å². The van der Waals surface area contributed by atoms with Crippen LogP contribution in [0.4, 0.5) is 5.69 Å². The molecule has 1 fully saturated rings. The number of hydrogen-bond donors (Lipinski definition) is 0. The third-order valence-corrected chi connectivity index (χ3v) is 7.17. The summed E-state index contributed by atoms with van der Waals surface area (Å²) in [6.07, 6.45) is 1.78. The van der Waals surface area contributed by atoms with Crippen LogP contribution in [-0.4, -0.2) is 10.2 Å². The number of hydrogen-bond acceptors (Lipinski definition) is 4. The average Bonchev–Trinajstić information content (AvgIpc) is 3.02. The lowest BCUT2D eigenvalue weighted by molar-refractivity contribution is -0.113. The van der Waals surface area contributed by atoms with E-state index in [4.69, 9.17) is 51.8 Å². The van der Waals surface area contributed by atoms with E-state index >= 15 is 0 Å². The first-order chi connectivity index (χ1) is 15.3. The molecule has 0 atom stereocenters. The normalized spacial score (nSPS) is 15.0. The van der Waals surface area contributed by atoms with E-state index in [1.807, 2.05) is 24.3 Å². The van der Waals surface area contributed by atoms with Gasteiger partial charge in [0.05, 0.1) is 10.6 Å². The molecule has 0 aromatic heterocycles. The number of thiocarbonyl (C=S) groups is 1. The fourth-order valence-electron chi connectivity index (χ4n) is 2.98. The Morgan fingerprint density at radius 2 is 1.72 bits per heavy atom. The fourth-order valence-corrected chi connectivity index (χ4v) is 5.24. The van der Waals surface area contributed by atoms with E-state index in [9.17, 15) is 4.79 Å². The van der Waals surface area contributed by atoms with Gasteiger partial charge in [0, 0.05) is 30.7 Å². The molecule has 0 aliphatic carbocycles. The summed E-state index contributed by atoms with van der Waals surface area (Å²) in [5.41, 5.74) is 2.21. The highest BCUT2D eigenvalue weighted by atomic mass is 79.9. The highest BCUT2D eigenvalue weighted by Crippen LogP contribution is 2.38. The predicted octanol–water partition coefficient (Wildman–Crippen LogP) is 8.39. The number of anilines is 1. The molecule has 0 radical (unpaired) electrons. The highest BCUT2D eigenvalue weighted by Gasteiger charge is 2.33. The summed E-state index contributed by atoms with van der Waals surface area (Å²) in [4.78, 5) is 15.1. The molecule has 1 heterocycles. The van der Waals surface area contributed by atoms with Crippen LogP contribution in [0.25, 0.3) is 6.08 Å². The van der Waals surface area contributed by atoms with Crippen LogP contribution in [0.15, 0.2) is 70.0 Å². The fraction of sp³-hybridized carbons (Fsp3) is 0.0435. The second-order valence-electron chi connectivity index (χ2n) is 6.70. The summed E-state index contributed by atoms with van der Waals surface area (Å²) in [5.74, 6) is 0.407. The maximum Gasteiger partial charge on any atom is 0.270 e. The first-order valence-electron chi connectivity index (χ1n) is 9.21. The average molecular weight is 586 g/mol. The number of nitrogens with zero attached hydrogens (tertiary/aromatic N) is 1. The minimum atomic E-state index is -0.200. The first-order valence-corrected chi connectivity index (χ1v) is 12.4. The molecule has 162 valence electrons. The van der Waals surface area contributed by atoms with Gasteiger partial charge in [-0.1, -0.05) is 80.8 Å². The standard InChI is InChI=1S/C23H13BrCl3NO2S2/c24-15-2-8-20(30-12-13-1-3-17(26)11-19(13)27)14(9-15)10-21-22(29)28(23(31)32-21)18-6-4-16(25)5-7-18/h1-11H,12H2/b21-10+. The number of benzene rings is 3. The van der Waals surface area contributed by atoms with Gasteiger partial charge in [0.15, 0.2) is 4.32 Å². The molecule has 1 amide bonds. The number of carbonyl (C=O) groups is 1. The summed E-state index contributed by atoms with van der Waals surface area (Å²) < 4.78 is 7.33. The predicted molar refractivity (Wildman–Crippen MR) is 142 cm³/mol. The molecule has 0 unspecified atom stereocenters. The molecule has 1 aliphatic heterocycles. The molecule has 32 heavy (non-hydrogen) atoms. The van der Waals surface area contributed by atoms with Crippen LogP contribution >= 0.6 is 74.7 Å². The van der Waals surface area contributed by atoms with Gasteiger partial charge in [-0.05, 0) is 60.7 Å². The van der Waals surface area contributed by atoms with Gasteiger partial charge in [-0.25, -0.2) is 0 Å². The van der Waals surface area contributed by atoms with Crippen LogP contribution in [0.5, 0.6) is 5.75 Å². The summed E-state index contributed by atoms with van der Waals surface area (Å²) in [6, 6.07) is 17.8. The Labute approximate surface area is 218 Å². The third-order valence-electron chi connectivity index (χ3n) is 4.54. The zero-order valence-electron chi connectivity index (χ0n) is 16.2. The number of ether oxygens (including phenoxy) is 1. The topological polar surface area (TPSA) is 29.5 Å². The minimum Gasteiger partial charge on any atom is -0.488 e. The Bertz CT molecular complexity index is 1250. The monoisotopic (exact) mass is 583 g/mol. The maximum absolute atomic E-state index is 13.1. The van der Waals surface area contributed by atoms with E-state index < -0.39 is 0 Å². The second kappa shape index (κ2) is 10.2. The Kier molecular flexibility index (Phi) is 7.50. The molecule has 0 N–H and O–H groups in total. The summed E-state index contributed by atoms with van der Waals surface area (Å²) in [6.45, 7) is 0.254. The lowest BCUT2D eigenvalue weighted by Gasteiger charge is -2.14. The molecule has 1 aliphatic rings. The van der Waals surface area contributed by atoms with Crippen molar-refractivity contribution in [3.05, 3.63) is 96.2 Å². The van der Waals surface area contributed by atoms with Crippen molar-refractivity contribution in [1.29, 1.82) is 0 Å². The van der Waals surface area contributed by atoms with Gasteiger partial charge < -0.3 is 4.74 Å². The van der Waals surface area contributed by atoms with Crippen molar-refractivity contribution in [2.75, 3.05) is 4.90 Å². The Morgan fingerprint density at radius 3 is 2.44 bits per heavy atom. The second-order valence-corrected chi connectivity index (χ2v) is 10.6. The van der Waals surface area contributed by atoms with Crippen molar-refractivity contribution in [1.82, 2.24) is 0 Å². The van der Waals surface area contributed by atoms with Gasteiger partial charge in [-0.2, -0.15) is 0 Å². The van der Waals surface area contributed by atoms with Crippen LogP contribution < -0.4 is 9.64 Å². The van der Waals surface area contributed by atoms with Crippen LogP contribution in [0, 0.1) is 0 Å². The highest BCUT2D eigenvalue weighted by molar-refractivity contribution is 9.10. The smallest absolute Gasteiger partial charge is 0.270 e. The molecular weight excluding hydrogens is 573 g/mol. The summed E-state index contributed by atoms with van der Waals surface area (Å²) in [5, 5.41) is 1.68. The summed E-state index contributed by atoms with van der Waals surface area (Å²) in [7, 11) is 0. The molecule has 0 bridgehead atoms. The number of halogens is 4. The van der Waals surface area contributed by atoms with Gasteiger partial charge in [-0.3, -0.25) is 9.69 Å². The number of amides is 1. The van der Waals surface area contributed by atoms with Crippen molar-refractivity contribution in [2.24, 2.45) is 0 Å². The molecule has 1 saturated heterocycles. The Hall–Kier alpha value is -1.54. The minimum absolute atomic E-state index is 0.200. The zero-order valence-corrected chi connectivity index (χ0v) is 21.6. The van der Waals surface area contributed by atoms with Crippen molar-refractivity contribution in [2.45, 2.75) is 6.61 Å². The van der Waals surface area contributed by atoms with Crippen LogP contribution in [0.3, 0.4) is 0 Å². The van der Waals surface area contributed by atoms with Crippen molar-refractivity contribution in [3.63, 3.8) is 0 Å². The zero-order chi connectivity index (χ0) is 22.8. The molecular formula is C23H13BrCl3NO2S2. The van der Waals surface area contributed by atoms with Crippen molar-refractivity contribution in [3.8, 4) is 5.75 Å². The molecule has 4 rings (SSSR count). The Morgan fingerprint density at radius 1 is 1.00 bits per heavy atom. The molecule has 9 heteroatoms.